The Balaban J connectivity index is 1.27. The van der Waals surface area contributed by atoms with E-state index in [0.29, 0.717) is 12.1 Å². The molecule has 0 unspecified atom stereocenters. The van der Waals surface area contributed by atoms with E-state index in [1.807, 2.05) is 84.9 Å². The van der Waals surface area contributed by atoms with Crippen LogP contribution in [-0.4, -0.2) is 42.1 Å². The maximum absolute atomic E-state index is 12.8. The van der Waals surface area contributed by atoms with Crippen molar-refractivity contribution in [3.63, 3.8) is 0 Å². The van der Waals surface area contributed by atoms with Gasteiger partial charge in [-0.2, -0.15) is 0 Å². The summed E-state index contributed by atoms with van der Waals surface area (Å²) in [5.74, 6) is 0.298. The number of aliphatic hydroxyl groups is 1. The highest BCUT2D eigenvalue weighted by atomic mass is 32.2. The van der Waals surface area contributed by atoms with E-state index >= 15 is 0 Å². The molecule has 0 bridgehead atoms. The van der Waals surface area contributed by atoms with Gasteiger partial charge in [0.2, 0.25) is 0 Å². The molecule has 1 fully saturated rings. The highest BCUT2D eigenvalue weighted by molar-refractivity contribution is 7.99. The fraction of sp³-hybridized carbons (Fsp3) is 0.278. The zero-order chi connectivity index (χ0) is 31.6. The molecule has 234 valence electrons. The number of ether oxygens (including phenoxy) is 3. The number of thioether (sulfide) groups is 1. The monoisotopic (exact) mass is 626 g/mol. The van der Waals surface area contributed by atoms with Gasteiger partial charge in [-0.15, -0.1) is 11.8 Å². The Labute approximate surface area is 268 Å². The Hall–Kier alpha value is -4.15. The molecule has 1 heterocycles. The molecule has 5 atom stereocenters. The standard InChI is InChI=1S/C36H38N2O6S/c1-24-32(23-45-30-11-7-4-8-12-30)43-35(44-33(24)27-15-13-26(22-39)14-16-27)28-17-19-29(20-18-28)37-36(41)38-31(34(40)42-2)21-25-9-5-3-6-10-25/h3-20,24,31-33,35,39H,21-23H2,1-2H3,(H2,37,38,41)/t24-,31+,32+,33+,35+/m1/s1. The van der Waals surface area contributed by atoms with E-state index in [9.17, 15) is 14.7 Å². The molecule has 3 N–H and O–H groups in total. The lowest BCUT2D eigenvalue weighted by Gasteiger charge is -2.41. The summed E-state index contributed by atoms with van der Waals surface area (Å²) in [7, 11) is 1.30. The Bertz CT molecular complexity index is 1520. The van der Waals surface area contributed by atoms with Gasteiger partial charge < -0.3 is 30.0 Å². The van der Waals surface area contributed by atoms with Crippen LogP contribution in [0.2, 0.25) is 0 Å². The van der Waals surface area contributed by atoms with Gasteiger partial charge in [0, 0.05) is 34.2 Å². The molecule has 9 heteroatoms. The van der Waals surface area contributed by atoms with Crippen molar-refractivity contribution in [2.24, 2.45) is 5.92 Å². The summed E-state index contributed by atoms with van der Waals surface area (Å²) in [6, 6.07) is 33.5. The first kappa shape index (κ1) is 32.2. The number of rotatable bonds is 11. The van der Waals surface area contributed by atoms with Crippen LogP contribution < -0.4 is 10.6 Å². The smallest absolute Gasteiger partial charge is 0.328 e. The highest BCUT2D eigenvalue weighted by Gasteiger charge is 2.38. The second kappa shape index (κ2) is 15.7. The number of amides is 2. The minimum atomic E-state index is -0.836. The number of urea groups is 1. The van der Waals surface area contributed by atoms with Gasteiger partial charge in [0.15, 0.2) is 6.29 Å². The second-order valence-electron chi connectivity index (χ2n) is 10.9. The lowest BCUT2D eigenvalue weighted by atomic mass is 9.91. The van der Waals surface area contributed by atoms with Crippen LogP contribution in [-0.2, 0) is 32.0 Å². The zero-order valence-corrected chi connectivity index (χ0v) is 26.1. The number of carbonyl (C=O) groups excluding carboxylic acids is 2. The van der Waals surface area contributed by atoms with Crippen LogP contribution in [0.25, 0.3) is 0 Å². The first-order valence-corrected chi connectivity index (χ1v) is 15.9. The lowest BCUT2D eigenvalue weighted by molar-refractivity contribution is -0.268. The molecule has 5 rings (SSSR count). The SMILES string of the molecule is COC(=O)[C@H](Cc1ccccc1)NC(=O)Nc1ccc([C@H]2O[C@@H](CSc3ccccc3)[C@@H](C)[C@@H](c3ccc(CO)cc3)O2)cc1. The van der Waals surface area contributed by atoms with E-state index in [1.54, 1.807) is 23.9 Å². The third-order valence-corrected chi connectivity index (χ3v) is 8.90. The summed E-state index contributed by atoms with van der Waals surface area (Å²) < 4.78 is 18.0. The molecule has 0 radical (unpaired) electrons. The predicted octanol–water partition coefficient (Wildman–Crippen LogP) is 6.67. The molecule has 0 aliphatic carbocycles. The average Bonchev–Trinajstić information content (AvgIpc) is 3.08. The van der Waals surface area contributed by atoms with E-state index in [4.69, 9.17) is 14.2 Å². The van der Waals surface area contributed by atoms with Crippen LogP contribution in [0.15, 0.2) is 114 Å². The summed E-state index contributed by atoms with van der Waals surface area (Å²) in [4.78, 5) is 26.4. The molecule has 1 aliphatic heterocycles. The summed E-state index contributed by atoms with van der Waals surface area (Å²) in [6.07, 6.45) is -0.633. The van der Waals surface area contributed by atoms with E-state index in [1.165, 1.54) is 12.0 Å². The number of nitrogens with one attached hydrogen (secondary N) is 2. The Morgan fingerprint density at radius 3 is 2.13 bits per heavy atom. The molecule has 45 heavy (non-hydrogen) atoms. The number of benzene rings is 4. The minimum absolute atomic E-state index is 0.0157. The van der Waals surface area contributed by atoms with Crippen molar-refractivity contribution in [1.82, 2.24) is 5.32 Å². The molecule has 0 spiro atoms. The van der Waals surface area contributed by atoms with Gasteiger partial charge in [-0.05, 0) is 41.0 Å². The molecule has 4 aromatic carbocycles. The van der Waals surface area contributed by atoms with Gasteiger partial charge in [-0.1, -0.05) is 91.9 Å². The minimum Gasteiger partial charge on any atom is -0.467 e. The van der Waals surface area contributed by atoms with Crippen LogP contribution in [0.3, 0.4) is 0 Å². The molecule has 2 amide bonds. The topological polar surface area (TPSA) is 106 Å². The Kier molecular flexibility index (Phi) is 11.3. The highest BCUT2D eigenvalue weighted by Crippen LogP contribution is 2.43. The summed E-state index contributed by atoms with van der Waals surface area (Å²) in [5, 5.41) is 15.0. The molecule has 4 aromatic rings. The van der Waals surface area contributed by atoms with Crippen molar-refractivity contribution < 1.29 is 28.9 Å². The van der Waals surface area contributed by atoms with Crippen molar-refractivity contribution in [2.45, 2.75) is 49.4 Å². The fourth-order valence-electron chi connectivity index (χ4n) is 5.24. The van der Waals surface area contributed by atoms with Gasteiger partial charge >= 0.3 is 12.0 Å². The van der Waals surface area contributed by atoms with Crippen LogP contribution in [0.1, 0.15) is 41.6 Å². The quantitative estimate of drug-likeness (QED) is 0.126. The zero-order valence-electron chi connectivity index (χ0n) is 25.3. The van der Waals surface area contributed by atoms with Gasteiger partial charge in [0.25, 0.3) is 0 Å². The van der Waals surface area contributed by atoms with Crippen LogP contribution in [0, 0.1) is 5.92 Å². The van der Waals surface area contributed by atoms with Crippen molar-refractivity contribution in [1.29, 1.82) is 0 Å². The second-order valence-corrected chi connectivity index (χ2v) is 12.0. The van der Waals surface area contributed by atoms with Gasteiger partial charge in [-0.25, -0.2) is 9.59 Å². The maximum Gasteiger partial charge on any atom is 0.328 e. The number of methoxy groups -OCH3 is 1. The maximum atomic E-state index is 12.8. The number of carbonyl (C=O) groups is 2. The van der Waals surface area contributed by atoms with Crippen molar-refractivity contribution >= 4 is 29.4 Å². The number of aliphatic hydroxyl groups excluding tert-OH is 1. The van der Waals surface area contributed by atoms with E-state index in [2.05, 4.69) is 29.7 Å². The van der Waals surface area contributed by atoms with Gasteiger partial charge in [0.1, 0.15) is 6.04 Å². The normalized spacial score (nSPS) is 20.2. The molecular weight excluding hydrogens is 588 g/mol. The predicted molar refractivity (Wildman–Crippen MR) is 175 cm³/mol. The van der Waals surface area contributed by atoms with Crippen LogP contribution in [0.5, 0.6) is 0 Å². The molecular formula is C36H38N2O6S. The van der Waals surface area contributed by atoms with Crippen LogP contribution >= 0.6 is 11.8 Å². The number of hydrogen-bond acceptors (Lipinski definition) is 7. The molecule has 0 saturated carbocycles. The summed E-state index contributed by atoms with van der Waals surface area (Å²) >= 11 is 1.75. The van der Waals surface area contributed by atoms with E-state index in [-0.39, 0.29) is 24.7 Å². The summed E-state index contributed by atoms with van der Waals surface area (Å²) in [6.45, 7) is 2.13. The third-order valence-electron chi connectivity index (χ3n) is 7.80. The number of anilines is 1. The first-order valence-electron chi connectivity index (χ1n) is 14.9. The third kappa shape index (κ3) is 8.73. The molecule has 8 nitrogen and oxygen atoms in total. The summed E-state index contributed by atoms with van der Waals surface area (Å²) in [5.41, 5.74) is 4.14. The molecule has 0 aromatic heterocycles. The number of esters is 1. The molecule has 1 saturated heterocycles. The van der Waals surface area contributed by atoms with Crippen molar-refractivity contribution in [2.75, 3.05) is 18.2 Å². The van der Waals surface area contributed by atoms with Crippen molar-refractivity contribution in [3.8, 4) is 0 Å². The molecule has 1 aliphatic rings. The Morgan fingerprint density at radius 1 is 0.844 bits per heavy atom. The van der Waals surface area contributed by atoms with Crippen LogP contribution in [0.4, 0.5) is 10.5 Å². The van der Waals surface area contributed by atoms with Gasteiger partial charge in [-0.3, -0.25) is 0 Å². The van der Waals surface area contributed by atoms with Gasteiger partial charge in [0.05, 0.1) is 25.9 Å². The largest absolute Gasteiger partial charge is 0.467 e. The number of hydrogen-bond donors (Lipinski definition) is 3. The Morgan fingerprint density at radius 2 is 1.49 bits per heavy atom. The fourth-order valence-corrected chi connectivity index (χ4v) is 6.33. The van der Waals surface area contributed by atoms with E-state index < -0.39 is 24.3 Å². The average molecular weight is 627 g/mol. The van der Waals surface area contributed by atoms with E-state index in [0.717, 1.165) is 28.0 Å². The lowest BCUT2D eigenvalue weighted by Crippen LogP contribution is -2.45. The van der Waals surface area contributed by atoms with Crippen molar-refractivity contribution in [3.05, 3.63) is 131 Å². The first-order chi connectivity index (χ1) is 21.9.